The average Bonchev–Trinajstić information content (AvgIpc) is 2.99. The maximum atomic E-state index is 13.0. The zero-order chi connectivity index (χ0) is 19.6. The second kappa shape index (κ2) is 7.98. The van der Waals surface area contributed by atoms with Crippen LogP contribution in [0.3, 0.4) is 0 Å². The lowest BCUT2D eigenvalue weighted by atomic mass is 10.2. The number of anilines is 1. The number of nitrogens with one attached hydrogen (secondary N) is 1. The largest absolute Gasteiger partial charge is 0.396 e. The molecular formula is C18H22ClN5O3. The molecule has 2 heterocycles. The van der Waals surface area contributed by atoms with Crippen LogP contribution in [0, 0.1) is 0 Å². The van der Waals surface area contributed by atoms with Crippen LogP contribution in [0.2, 0.25) is 5.02 Å². The summed E-state index contributed by atoms with van der Waals surface area (Å²) in [5.41, 5.74) is 0.691. The molecule has 2 aromatic heterocycles. The normalized spacial score (nSPS) is 11.3. The molecule has 3 rings (SSSR count). The fourth-order valence-electron chi connectivity index (χ4n) is 2.95. The van der Waals surface area contributed by atoms with Crippen LogP contribution in [0.1, 0.15) is 18.4 Å². The van der Waals surface area contributed by atoms with Crippen molar-refractivity contribution in [2.24, 2.45) is 14.1 Å². The van der Waals surface area contributed by atoms with Crippen LogP contribution in [0.25, 0.3) is 11.2 Å². The van der Waals surface area contributed by atoms with Crippen molar-refractivity contribution in [3.63, 3.8) is 0 Å². The van der Waals surface area contributed by atoms with Crippen molar-refractivity contribution in [3.8, 4) is 0 Å². The number of aliphatic hydroxyl groups is 1. The van der Waals surface area contributed by atoms with Gasteiger partial charge in [0.05, 0.1) is 6.54 Å². The van der Waals surface area contributed by atoms with E-state index < -0.39 is 5.69 Å². The molecule has 0 aliphatic rings. The van der Waals surface area contributed by atoms with Gasteiger partial charge in [0.1, 0.15) is 0 Å². The number of hydrogen-bond acceptors (Lipinski definition) is 5. The maximum absolute atomic E-state index is 13.0. The van der Waals surface area contributed by atoms with Gasteiger partial charge in [0, 0.05) is 32.3 Å². The summed E-state index contributed by atoms with van der Waals surface area (Å²) in [7, 11) is 3.34. The van der Waals surface area contributed by atoms with Gasteiger partial charge < -0.3 is 15.0 Å². The van der Waals surface area contributed by atoms with Gasteiger partial charge in [-0.25, -0.2) is 4.79 Å². The first-order valence-electron chi connectivity index (χ1n) is 8.69. The summed E-state index contributed by atoms with van der Waals surface area (Å²) in [5, 5.41) is 12.6. The molecule has 0 unspecified atom stereocenters. The summed E-state index contributed by atoms with van der Waals surface area (Å²) in [5.74, 6) is 0.513. The number of unbranched alkanes of at least 4 members (excludes halogenated alkanes) is 1. The lowest BCUT2D eigenvalue weighted by Crippen LogP contribution is -2.39. The lowest BCUT2D eigenvalue weighted by molar-refractivity contribution is 0.286. The molecule has 2 N–H and O–H groups in total. The van der Waals surface area contributed by atoms with Gasteiger partial charge in [-0.1, -0.05) is 23.7 Å². The van der Waals surface area contributed by atoms with Gasteiger partial charge in [0.2, 0.25) is 5.95 Å². The number of halogens is 1. The van der Waals surface area contributed by atoms with Crippen molar-refractivity contribution in [1.82, 2.24) is 18.7 Å². The molecule has 0 aliphatic heterocycles. The molecule has 9 heteroatoms. The van der Waals surface area contributed by atoms with Crippen LogP contribution in [0.5, 0.6) is 0 Å². The predicted molar refractivity (Wildman–Crippen MR) is 106 cm³/mol. The van der Waals surface area contributed by atoms with Crippen molar-refractivity contribution in [2.45, 2.75) is 19.4 Å². The lowest BCUT2D eigenvalue weighted by Gasteiger charge is -2.09. The minimum atomic E-state index is -0.424. The Balaban J connectivity index is 2.03. The van der Waals surface area contributed by atoms with Gasteiger partial charge in [-0.05, 0) is 30.5 Å². The zero-order valence-electron chi connectivity index (χ0n) is 15.3. The van der Waals surface area contributed by atoms with Gasteiger partial charge in [-0.15, -0.1) is 0 Å². The third kappa shape index (κ3) is 3.77. The van der Waals surface area contributed by atoms with Crippen molar-refractivity contribution < 1.29 is 5.11 Å². The highest BCUT2D eigenvalue weighted by Crippen LogP contribution is 2.14. The highest BCUT2D eigenvalue weighted by Gasteiger charge is 2.18. The SMILES string of the molecule is Cn1c(NCCCCO)nc2c1c(=O)n(Cc1ccc(Cl)cc1)c(=O)n2C. The van der Waals surface area contributed by atoms with Crippen LogP contribution in [-0.2, 0) is 20.6 Å². The number of imidazole rings is 1. The molecule has 0 aliphatic carbocycles. The maximum Gasteiger partial charge on any atom is 0.332 e. The molecule has 0 radical (unpaired) electrons. The Kier molecular flexibility index (Phi) is 5.67. The quantitative estimate of drug-likeness (QED) is 0.592. The van der Waals surface area contributed by atoms with Crippen molar-refractivity contribution in [3.05, 3.63) is 55.7 Å². The average molecular weight is 392 g/mol. The second-order valence-corrected chi connectivity index (χ2v) is 6.82. The molecule has 0 bridgehead atoms. The summed E-state index contributed by atoms with van der Waals surface area (Å²) in [6.45, 7) is 0.905. The summed E-state index contributed by atoms with van der Waals surface area (Å²) < 4.78 is 4.24. The van der Waals surface area contributed by atoms with Crippen molar-refractivity contribution in [2.75, 3.05) is 18.5 Å². The molecule has 144 valence electrons. The third-order valence-corrected chi connectivity index (χ3v) is 4.73. The van der Waals surface area contributed by atoms with Crippen LogP contribution in [-0.4, -0.2) is 36.9 Å². The molecule has 1 aromatic carbocycles. The fourth-order valence-corrected chi connectivity index (χ4v) is 3.08. The summed E-state index contributed by atoms with van der Waals surface area (Å²) >= 11 is 5.90. The Morgan fingerprint density at radius 1 is 1.11 bits per heavy atom. The standard InChI is InChI=1S/C18H22ClN5O3/c1-22-14-15(21-17(22)20-9-3-4-10-25)23(2)18(27)24(16(14)26)11-12-5-7-13(19)8-6-12/h5-8,25H,3-4,9-11H2,1-2H3,(H,20,21). The molecule has 0 saturated heterocycles. The van der Waals surface area contributed by atoms with Gasteiger partial charge >= 0.3 is 5.69 Å². The number of rotatable bonds is 7. The van der Waals surface area contributed by atoms with E-state index in [1.807, 2.05) is 0 Å². The number of hydrogen-bond donors (Lipinski definition) is 2. The van der Waals surface area contributed by atoms with E-state index in [1.165, 1.54) is 9.13 Å². The first kappa shape index (κ1) is 19.2. The van der Waals surface area contributed by atoms with E-state index >= 15 is 0 Å². The van der Waals surface area contributed by atoms with E-state index in [0.29, 0.717) is 35.1 Å². The van der Waals surface area contributed by atoms with Gasteiger partial charge in [0.15, 0.2) is 11.2 Å². The molecular weight excluding hydrogens is 370 g/mol. The Bertz CT molecular complexity index is 1070. The van der Waals surface area contributed by atoms with E-state index in [0.717, 1.165) is 12.0 Å². The van der Waals surface area contributed by atoms with Gasteiger partial charge in [-0.3, -0.25) is 13.9 Å². The first-order chi connectivity index (χ1) is 12.9. The number of aryl methyl sites for hydroxylation is 2. The molecule has 3 aromatic rings. The van der Waals surface area contributed by atoms with E-state index in [4.69, 9.17) is 16.7 Å². The van der Waals surface area contributed by atoms with Gasteiger partial charge in [-0.2, -0.15) is 4.98 Å². The predicted octanol–water partition coefficient (Wildman–Crippen LogP) is 1.32. The monoisotopic (exact) mass is 391 g/mol. The molecule has 0 fully saturated rings. The molecule has 0 atom stereocenters. The minimum absolute atomic E-state index is 0.133. The number of aromatic nitrogens is 4. The van der Waals surface area contributed by atoms with E-state index in [2.05, 4.69) is 10.3 Å². The number of benzene rings is 1. The fraction of sp³-hybridized carbons (Fsp3) is 0.389. The minimum Gasteiger partial charge on any atom is -0.396 e. The Morgan fingerprint density at radius 2 is 1.81 bits per heavy atom. The van der Waals surface area contributed by atoms with Crippen LogP contribution in [0.4, 0.5) is 5.95 Å². The Labute approximate surface area is 160 Å². The van der Waals surface area contributed by atoms with E-state index in [9.17, 15) is 9.59 Å². The van der Waals surface area contributed by atoms with Crippen molar-refractivity contribution >= 4 is 28.7 Å². The third-order valence-electron chi connectivity index (χ3n) is 4.48. The Hall–Kier alpha value is -2.58. The van der Waals surface area contributed by atoms with E-state index in [1.54, 1.807) is 42.9 Å². The number of nitrogens with zero attached hydrogens (tertiary/aromatic N) is 4. The number of aliphatic hydroxyl groups excluding tert-OH is 1. The highest BCUT2D eigenvalue weighted by molar-refractivity contribution is 6.30. The molecule has 0 amide bonds. The molecule has 8 nitrogen and oxygen atoms in total. The van der Waals surface area contributed by atoms with Crippen molar-refractivity contribution in [1.29, 1.82) is 0 Å². The molecule has 0 spiro atoms. The summed E-state index contributed by atoms with van der Waals surface area (Å²) in [4.78, 5) is 30.1. The van der Waals surface area contributed by atoms with Gasteiger partial charge in [0.25, 0.3) is 5.56 Å². The summed E-state index contributed by atoms with van der Waals surface area (Å²) in [6, 6.07) is 7.03. The smallest absolute Gasteiger partial charge is 0.332 e. The van der Waals surface area contributed by atoms with Crippen LogP contribution in [0.15, 0.2) is 33.9 Å². The summed E-state index contributed by atoms with van der Waals surface area (Å²) in [6.07, 6.45) is 1.46. The van der Waals surface area contributed by atoms with E-state index in [-0.39, 0.29) is 18.7 Å². The Morgan fingerprint density at radius 3 is 2.48 bits per heavy atom. The topological polar surface area (TPSA) is 94.1 Å². The first-order valence-corrected chi connectivity index (χ1v) is 9.07. The van der Waals surface area contributed by atoms with Crippen LogP contribution >= 0.6 is 11.6 Å². The van der Waals surface area contributed by atoms with Crippen LogP contribution < -0.4 is 16.6 Å². The second-order valence-electron chi connectivity index (χ2n) is 6.38. The highest BCUT2D eigenvalue weighted by atomic mass is 35.5. The zero-order valence-corrected chi connectivity index (χ0v) is 16.0. The number of fused-ring (bicyclic) bond motifs is 1. The molecule has 27 heavy (non-hydrogen) atoms. The molecule has 0 saturated carbocycles.